The van der Waals surface area contributed by atoms with Crippen LogP contribution >= 0.6 is 0 Å². The number of likely N-dealkylation sites (tertiary alicyclic amines) is 1. The number of hydrogen-bond acceptors (Lipinski definition) is 3. The molecule has 0 spiro atoms. The minimum atomic E-state index is -0.681. The van der Waals surface area contributed by atoms with Crippen LogP contribution in [-0.4, -0.2) is 33.6 Å². The minimum Gasteiger partial charge on any atom is -0.300 e. The van der Waals surface area contributed by atoms with Gasteiger partial charge in [0.15, 0.2) is 0 Å². The molecule has 0 aliphatic carbocycles. The normalized spacial score (nSPS) is 20.1. The van der Waals surface area contributed by atoms with Gasteiger partial charge in [0.05, 0.1) is 6.54 Å². The second kappa shape index (κ2) is 6.83. The maximum Gasteiger partial charge on any atom is 0.259 e. The van der Waals surface area contributed by atoms with Gasteiger partial charge in [0.2, 0.25) is 5.91 Å². The Morgan fingerprint density at radius 3 is 2.44 bits per heavy atom. The van der Waals surface area contributed by atoms with Crippen LogP contribution in [-0.2, 0) is 22.6 Å². The molecule has 136 valence electrons. The Bertz CT molecular complexity index is 936. The Morgan fingerprint density at radius 1 is 0.963 bits per heavy atom. The molecule has 2 aromatic carbocycles. The highest BCUT2D eigenvalue weighted by molar-refractivity contribution is 6.05. The van der Waals surface area contributed by atoms with E-state index in [1.165, 1.54) is 9.80 Å². The van der Waals surface area contributed by atoms with Gasteiger partial charge in [-0.3, -0.25) is 24.2 Å². The molecule has 1 saturated heterocycles. The van der Waals surface area contributed by atoms with Crippen molar-refractivity contribution < 1.29 is 14.4 Å². The predicted octanol–water partition coefficient (Wildman–Crippen LogP) is 2.92. The summed E-state index contributed by atoms with van der Waals surface area (Å²) in [5.74, 6) is -0.742. The smallest absolute Gasteiger partial charge is 0.259 e. The number of amides is 3. The van der Waals surface area contributed by atoms with E-state index in [4.69, 9.17) is 0 Å². The monoisotopic (exact) mass is 360 g/mol. The Labute approximate surface area is 157 Å². The number of benzene rings is 2. The summed E-state index contributed by atoms with van der Waals surface area (Å²) in [4.78, 5) is 41.3. The highest BCUT2D eigenvalue weighted by Crippen LogP contribution is 2.31. The fourth-order valence-corrected chi connectivity index (χ4v) is 3.82. The van der Waals surface area contributed by atoms with E-state index >= 15 is 0 Å². The molecule has 1 fully saturated rings. The molecule has 0 bridgehead atoms. The van der Waals surface area contributed by atoms with Gasteiger partial charge in [-0.15, -0.1) is 0 Å². The average Bonchev–Trinajstić information content (AvgIpc) is 2.67. The molecule has 0 aromatic heterocycles. The number of rotatable bonds is 3. The predicted molar refractivity (Wildman–Crippen MR) is 100 cm³/mol. The summed E-state index contributed by atoms with van der Waals surface area (Å²) in [6.07, 6.45) is 1.09. The van der Waals surface area contributed by atoms with Crippen LogP contribution in [0.15, 0.2) is 66.9 Å². The molecule has 5 heteroatoms. The number of nitrogens with zero attached hydrogens (tertiary/aromatic N) is 2. The van der Waals surface area contributed by atoms with Crippen LogP contribution in [0.5, 0.6) is 0 Å². The Balaban J connectivity index is 1.62. The molecular weight excluding hydrogens is 340 g/mol. The fraction of sp³-hybridized carbons (Fsp3) is 0.227. The minimum absolute atomic E-state index is 0.199. The molecule has 2 heterocycles. The van der Waals surface area contributed by atoms with E-state index in [0.717, 1.165) is 11.1 Å². The van der Waals surface area contributed by atoms with Crippen LogP contribution in [0.25, 0.3) is 0 Å². The topological polar surface area (TPSA) is 57.7 Å². The molecule has 2 aliphatic rings. The van der Waals surface area contributed by atoms with Crippen molar-refractivity contribution in [1.82, 2.24) is 9.80 Å². The van der Waals surface area contributed by atoms with Crippen molar-refractivity contribution >= 4 is 17.7 Å². The zero-order chi connectivity index (χ0) is 19.0. The Hall–Kier alpha value is -3.21. The Kier molecular flexibility index (Phi) is 4.36. The molecular formula is C22H20N2O3. The molecule has 2 aliphatic heterocycles. The summed E-state index contributed by atoms with van der Waals surface area (Å²) in [6.45, 7) is 4.25. The van der Waals surface area contributed by atoms with E-state index in [0.29, 0.717) is 24.1 Å². The zero-order valence-electron chi connectivity index (χ0n) is 14.9. The van der Waals surface area contributed by atoms with Crippen LogP contribution < -0.4 is 0 Å². The molecule has 27 heavy (non-hydrogen) atoms. The van der Waals surface area contributed by atoms with E-state index in [1.54, 1.807) is 6.07 Å². The van der Waals surface area contributed by atoms with E-state index in [9.17, 15) is 14.4 Å². The van der Waals surface area contributed by atoms with Gasteiger partial charge in [-0.1, -0.05) is 55.1 Å². The molecule has 1 atom stereocenters. The molecule has 3 amide bonds. The van der Waals surface area contributed by atoms with Gasteiger partial charge in [-0.05, 0) is 23.6 Å². The van der Waals surface area contributed by atoms with Crippen molar-refractivity contribution in [1.29, 1.82) is 0 Å². The lowest BCUT2D eigenvalue weighted by Crippen LogP contribution is -2.56. The van der Waals surface area contributed by atoms with E-state index in [2.05, 4.69) is 6.58 Å². The van der Waals surface area contributed by atoms with E-state index in [1.807, 2.05) is 48.5 Å². The quantitative estimate of drug-likeness (QED) is 0.791. The number of hydrogen-bond donors (Lipinski definition) is 0. The first-order valence-electron chi connectivity index (χ1n) is 9.03. The summed E-state index contributed by atoms with van der Waals surface area (Å²) in [5, 5.41) is 0. The van der Waals surface area contributed by atoms with Crippen molar-refractivity contribution in [3.8, 4) is 0 Å². The van der Waals surface area contributed by atoms with Crippen LogP contribution in [0.4, 0.5) is 0 Å². The second-order valence-electron chi connectivity index (χ2n) is 6.93. The average molecular weight is 360 g/mol. The third kappa shape index (κ3) is 3.05. The number of allylic oxidation sites excluding steroid dienone is 1. The van der Waals surface area contributed by atoms with E-state index in [-0.39, 0.29) is 30.7 Å². The van der Waals surface area contributed by atoms with Crippen molar-refractivity contribution in [2.24, 2.45) is 0 Å². The third-order valence-electron chi connectivity index (χ3n) is 5.18. The van der Waals surface area contributed by atoms with Crippen LogP contribution in [0.3, 0.4) is 0 Å². The van der Waals surface area contributed by atoms with Gasteiger partial charge in [-0.2, -0.15) is 0 Å². The molecule has 2 aromatic rings. The summed E-state index contributed by atoms with van der Waals surface area (Å²) in [7, 11) is 0. The largest absolute Gasteiger partial charge is 0.300 e. The van der Waals surface area contributed by atoms with Gasteiger partial charge in [0, 0.05) is 24.1 Å². The van der Waals surface area contributed by atoms with Gasteiger partial charge in [0.25, 0.3) is 11.8 Å². The third-order valence-corrected chi connectivity index (χ3v) is 5.18. The first-order valence-corrected chi connectivity index (χ1v) is 9.03. The summed E-state index contributed by atoms with van der Waals surface area (Å²) in [6, 6.07) is 16.1. The number of carbonyl (C=O) groups is 3. The standard InChI is InChI=1S/C22H20N2O3/c1-15-13-17-9-5-6-10-18(17)21(26)24(15)19-11-12-20(25)23(22(19)27)14-16-7-3-2-4-8-16/h2-10,19H,1,11-14H2. The van der Waals surface area contributed by atoms with Gasteiger partial charge >= 0.3 is 0 Å². The van der Waals surface area contributed by atoms with Crippen LogP contribution in [0.1, 0.15) is 34.3 Å². The molecule has 1 unspecified atom stereocenters. The molecule has 0 N–H and O–H groups in total. The number of piperidine rings is 1. The van der Waals surface area contributed by atoms with Gasteiger partial charge in [-0.25, -0.2) is 0 Å². The van der Waals surface area contributed by atoms with Crippen LogP contribution in [0, 0.1) is 0 Å². The van der Waals surface area contributed by atoms with Crippen molar-refractivity contribution in [2.75, 3.05) is 0 Å². The lowest BCUT2D eigenvalue weighted by molar-refractivity contribution is -0.152. The molecule has 0 saturated carbocycles. The summed E-state index contributed by atoms with van der Waals surface area (Å²) in [5.41, 5.74) is 3.01. The van der Waals surface area contributed by atoms with Gasteiger partial charge < -0.3 is 0 Å². The second-order valence-corrected chi connectivity index (χ2v) is 6.93. The fourth-order valence-electron chi connectivity index (χ4n) is 3.82. The number of carbonyl (C=O) groups excluding carboxylic acids is 3. The number of fused-ring (bicyclic) bond motifs is 1. The maximum absolute atomic E-state index is 13.1. The molecule has 0 radical (unpaired) electrons. The van der Waals surface area contributed by atoms with E-state index < -0.39 is 6.04 Å². The number of imide groups is 1. The van der Waals surface area contributed by atoms with Crippen molar-refractivity contribution in [3.63, 3.8) is 0 Å². The maximum atomic E-state index is 13.1. The highest BCUT2D eigenvalue weighted by Gasteiger charge is 2.42. The van der Waals surface area contributed by atoms with Crippen molar-refractivity contribution in [2.45, 2.75) is 31.8 Å². The Morgan fingerprint density at radius 2 is 1.67 bits per heavy atom. The first kappa shape index (κ1) is 17.2. The molecule has 4 rings (SSSR count). The summed E-state index contributed by atoms with van der Waals surface area (Å²) >= 11 is 0. The summed E-state index contributed by atoms with van der Waals surface area (Å²) < 4.78 is 0. The van der Waals surface area contributed by atoms with Crippen LogP contribution in [0.2, 0.25) is 0 Å². The lowest BCUT2D eigenvalue weighted by atomic mass is 9.93. The highest BCUT2D eigenvalue weighted by atomic mass is 16.2. The first-order chi connectivity index (χ1) is 13.1. The zero-order valence-corrected chi connectivity index (χ0v) is 14.9. The molecule has 5 nitrogen and oxygen atoms in total. The SMILES string of the molecule is C=C1Cc2ccccc2C(=O)N1C1CCC(=O)N(Cc2ccccc2)C1=O. The lowest BCUT2D eigenvalue weighted by Gasteiger charge is -2.40. The van der Waals surface area contributed by atoms with Crippen molar-refractivity contribution in [3.05, 3.63) is 83.6 Å². The van der Waals surface area contributed by atoms with Gasteiger partial charge in [0.1, 0.15) is 6.04 Å².